The lowest BCUT2D eigenvalue weighted by atomic mass is 10.2. The smallest absolute Gasteiger partial charge is 0.265 e. The quantitative estimate of drug-likeness (QED) is 0.565. The zero-order chi connectivity index (χ0) is 16.3. The van der Waals surface area contributed by atoms with E-state index in [-0.39, 0.29) is 12.3 Å². The molecule has 3 amide bonds. The van der Waals surface area contributed by atoms with Crippen molar-refractivity contribution in [3.8, 4) is 5.75 Å². The predicted molar refractivity (Wildman–Crippen MR) is 77.5 cm³/mol. The van der Waals surface area contributed by atoms with Crippen molar-refractivity contribution in [3.63, 3.8) is 0 Å². The molecule has 0 spiro atoms. The van der Waals surface area contributed by atoms with Crippen LogP contribution in [0.5, 0.6) is 5.75 Å². The highest BCUT2D eigenvalue weighted by atomic mass is 16.5. The van der Waals surface area contributed by atoms with Gasteiger partial charge in [-0.1, -0.05) is 0 Å². The molecule has 118 valence electrons. The predicted octanol–water partition coefficient (Wildman–Crippen LogP) is -0.466. The third kappa shape index (κ3) is 3.23. The average molecular weight is 306 g/mol. The highest BCUT2D eigenvalue weighted by Crippen LogP contribution is 2.14. The second kappa shape index (κ2) is 6.54. The number of nitrogens with zero attached hydrogens (tertiary/aromatic N) is 2. The van der Waals surface area contributed by atoms with Gasteiger partial charge in [0.25, 0.3) is 11.8 Å². The number of carbonyl (C=O) groups is 3. The van der Waals surface area contributed by atoms with Crippen LogP contribution in [-0.4, -0.2) is 55.0 Å². The molecule has 1 fully saturated rings. The Labute approximate surface area is 128 Å². The number of methoxy groups -OCH3 is 1. The maximum absolute atomic E-state index is 12.0. The van der Waals surface area contributed by atoms with E-state index in [1.54, 1.807) is 38.4 Å². The number of rotatable bonds is 5. The number of ether oxygens (including phenoxy) is 1. The maximum Gasteiger partial charge on any atom is 0.265 e. The minimum atomic E-state index is -0.767. The van der Waals surface area contributed by atoms with Crippen LogP contribution in [0.3, 0.4) is 0 Å². The van der Waals surface area contributed by atoms with Crippen LogP contribution in [-0.2, 0) is 9.59 Å². The molecule has 22 heavy (non-hydrogen) atoms. The standard InChI is InChI=1S/C14H18N4O4/c1-17(2)18-12(19)8-11(14(18)21)15-16-13(20)9-4-6-10(22-3)7-5-9/h4-7,11,15H,8H2,1-3H3,(H,16,20)/t11-/m0/s1. The van der Waals surface area contributed by atoms with Crippen molar-refractivity contribution in [2.45, 2.75) is 12.5 Å². The van der Waals surface area contributed by atoms with Gasteiger partial charge in [0.15, 0.2) is 0 Å². The molecule has 2 N–H and O–H groups in total. The third-order valence-electron chi connectivity index (χ3n) is 3.23. The Morgan fingerprint density at radius 2 is 1.91 bits per heavy atom. The molecule has 1 aromatic rings. The molecule has 1 atom stereocenters. The fourth-order valence-corrected chi connectivity index (χ4v) is 2.12. The molecule has 1 aromatic carbocycles. The zero-order valence-corrected chi connectivity index (χ0v) is 12.6. The lowest BCUT2D eigenvalue weighted by molar-refractivity contribution is -0.153. The summed E-state index contributed by atoms with van der Waals surface area (Å²) in [6, 6.07) is 5.75. The number of nitrogens with one attached hydrogen (secondary N) is 2. The Balaban J connectivity index is 1.94. The van der Waals surface area contributed by atoms with E-state index in [4.69, 9.17) is 4.74 Å². The Kier molecular flexibility index (Phi) is 4.74. The third-order valence-corrected chi connectivity index (χ3v) is 3.23. The van der Waals surface area contributed by atoms with Crippen molar-refractivity contribution in [1.29, 1.82) is 0 Å². The van der Waals surface area contributed by atoms with Gasteiger partial charge in [-0.05, 0) is 24.3 Å². The molecule has 2 rings (SSSR count). The van der Waals surface area contributed by atoms with Crippen LogP contribution in [0.4, 0.5) is 0 Å². The second-order valence-electron chi connectivity index (χ2n) is 4.97. The minimum absolute atomic E-state index is 0.0000934. The van der Waals surface area contributed by atoms with Gasteiger partial charge >= 0.3 is 0 Å². The van der Waals surface area contributed by atoms with Gasteiger partial charge in [0.1, 0.15) is 11.8 Å². The monoisotopic (exact) mass is 306 g/mol. The van der Waals surface area contributed by atoms with Crippen molar-refractivity contribution in [2.75, 3.05) is 21.2 Å². The van der Waals surface area contributed by atoms with E-state index in [0.29, 0.717) is 11.3 Å². The highest BCUT2D eigenvalue weighted by Gasteiger charge is 2.40. The number of hydrazine groups is 2. The van der Waals surface area contributed by atoms with E-state index in [1.807, 2.05) is 0 Å². The van der Waals surface area contributed by atoms with Gasteiger partial charge in [-0.15, -0.1) is 0 Å². The molecule has 8 nitrogen and oxygen atoms in total. The van der Waals surface area contributed by atoms with Gasteiger partial charge in [0, 0.05) is 19.7 Å². The van der Waals surface area contributed by atoms with Crippen LogP contribution in [0.2, 0.25) is 0 Å². The highest BCUT2D eigenvalue weighted by molar-refractivity contribution is 6.05. The first-order chi connectivity index (χ1) is 10.4. The molecule has 0 saturated carbocycles. The summed E-state index contributed by atoms with van der Waals surface area (Å²) in [5.41, 5.74) is 5.46. The summed E-state index contributed by atoms with van der Waals surface area (Å²) >= 11 is 0. The lowest BCUT2D eigenvalue weighted by Crippen LogP contribution is -2.50. The number of carbonyl (C=O) groups excluding carboxylic acids is 3. The molecule has 0 radical (unpaired) electrons. The van der Waals surface area contributed by atoms with Crippen molar-refractivity contribution >= 4 is 17.7 Å². The Morgan fingerprint density at radius 3 is 2.41 bits per heavy atom. The number of hydrogen-bond donors (Lipinski definition) is 2. The van der Waals surface area contributed by atoms with Gasteiger partial charge in [0.2, 0.25) is 5.91 Å². The fourth-order valence-electron chi connectivity index (χ4n) is 2.12. The Bertz CT molecular complexity index is 585. The summed E-state index contributed by atoms with van der Waals surface area (Å²) in [6.07, 6.45) is -0.0000934. The van der Waals surface area contributed by atoms with Crippen LogP contribution < -0.4 is 15.6 Å². The zero-order valence-electron chi connectivity index (χ0n) is 12.6. The maximum atomic E-state index is 12.0. The van der Waals surface area contributed by atoms with Gasteiger partial charge in [-0.2, -0.15) is 0 Å². The van der Waals surface area contributed by atoms with E-state index in [9.17, 15) is 14.4 Å². The summed E-state index contributed by atoms with van der Waals surface area (Å²) in [4.78, 5) is 35.7. The van der Waals surface area contributed by atoms with E-state index < -0.39 is 17.9 Å². The summed E-state index contributed by atoms with van der Waals surface area (Å²) in [6.45, 7) is 0. The van der Waals surface area contributed by atoms with Crippen molar-refractivity contribution in [3.05, 3.63) is 29.8 Å². The topological polar surface area (TPSA) is 91.0 Å². The van der Waals surface area contributed by atoms with Gasteiger partial charge in [-0.3, -0.25) is 19.8 Å². The van der Waals surface area contributed by atoms with E-state index in [0.717, 1.165) is 5.01 Å². The fraction of sp³-hybridized carbons (Fsp3) is 0.357. The molecule has 8 heteroatoms. The lowest BCUT2D eigenvalue weighted by Gasteiger charge is -2.21. The van der Waals surface area contributed by atoms with Gasteiger partial charge in [0.05, 0.1) is 13.5 Å². The number of imide groups is 1. The van der Waals surface area contributed by atoms with E-state index in [2.05, 4.69) is 10.9 Å². The van der Waals surface area contributed by atoms with Crippen LogP contribution in [0.15, 0.2) is 24.3 Å². The van der Waals surface area contributed by atoms with Crippen molar-refractivity contribution in [2.24, 2.45) is 0 Å². The van der Waals surface area contributed by atoms with Crippen LogP contribution >= 0.6 is 0 Å². The number of benzene rings is 1. The molecule has 1 saturated heterocycles. The van der Waals surface area contributed by atoms with Crippen LogP contribution in [0.25, 0.3) is 0 Å². The first-order valence-electron chi connectivity index (χ1n) is 6.68. The molecule has 1 heterocycles. The van der Waals surface area contributed by atoms with E-state index in [1.165, 1.54) is 12.1 Å². The largest absolute Gasteiger partial charge is 0.497 e. The summed E-state index contributed by atoms with van der Waals surface area (Å²) in [5.74, 6) is -0.467. The molecular weight excluding hydrogens is 288 g/mol. The summed E-state index contributed by atoms with van der Waals surface area (Å²) in [5, 5.41) is 2.45. The number of hydrogen-bond acceptors (Lipinski definition) is 6. The minimum Gasteiger partial charge on any atom is -0.497 e. The summed E-state index contributed by atoms with van der Waals surface area (Å²) < 4.78 is 5.01. The molecule has 1 aliphatic rings. The molecule has 0 aromatic heterocycles. The Hall–Kier alpha value is -2.45. The molecule has 1 aliphatic heterocycles. The Morgan fingerprint density at radius 1 is 1.27 bits per heavy atom. The normalized spacial score (nSPS) is 18.0. The average Bonchev–Trinajstić information content (AvgIpc) is 2.79. The second-order valence-corrected chi connectivity index (χ2v) is 4.97. The molecule has 0 unspecified atom stereocenters. The first kappa shape index (κ1) is 15.9. The molecule has 0 bridgehead atoms. The van der Waals surface area contributed by atoms with Crippen LogP contribution in [0.1, 0.15) is 16.8 Å². The van der Waals surface area contributed by atoms with Crippen molar-refractivity contribution in [1.82, 2.24) is 20.9 Å². The van der Waals surface area contributed by atoms with E-state index >= 15 is 0 Å². The number of amides is 3. The molecular formula is C14H18N4O4. The SMILES string of the molecule is COc1ccc(C(=O)NN[C@H]2CC(=O)N(N(C)C)C2=O)cc1. The first-order valence-corrected chi connectivity index (χ1v) is 6.68. The van der Waals surface area contributed by atoms with Crippen molar-refractivity contribution < 1.29 is 19.1 Å². The van der Waals surface area contributed by atoms with Gasteiger partial charge in [-0.25, -0.2) is 15.4 Å². The van der Waals surface area contributed by atoms with Crippen LogP contribution in [0, 0.1) is 0 Å². The molecule has 0 aliphatic carbocycles. The summed E-state index contributed by atoms with van der Waals surface area (Å²) in [7, 11) is 4.75. The van der Waals surface area contributed by atoms with Gasteiger partial charge < -0.3 is 4.74 Å².